The van der Waals surface area contributed by atoms with E-state index in [2.05, 4.69) is 12.6 Å². The van der Waals surface area contributed by atoms with Gasteiger partial charge in [0.05, 0.1) is 35.6 Å². The molecule has 1 unspecified atom stereocenters. The lowest BCUT2D eigenvalue weighted by Crippen LogP contribution is -2.53. The summed E-state index contributed by atoms with van der Waals surface area (Å²) >= 11 is 0. The Labute approximate surface area is 214 Å². The molecule has 2 aromatic heterocycles. The Morgan fingerprint density at radius 1 is 1.24 bits per heavy atom. The van der Waals surface area contributed by atoms with Crippen LogP contribution in [0, 0.1) is 0 Å². The van der Waals surface area contributed by atoms with Gasteiger partial charge in [-0.15, -0.1) is 0 Å². The first-order valence-corrected chi connectivity index (χ1v) is 15.0. The summed E-state index contributed by atoms with van der Waals surface area (Å²) in [5, 5.41) is 1.00. The summed E-state index contributed by atoms with van der Waals surface area (Å²) in [5.41, 5.74) is 2.31. The van der Waals surface area contributed by atoms with Crippen molar-refractivity contribution in [1.29, 1.82) is 0 Å². The first kappa shape index (κ1) is 25.1. The molecule has 10 heteroatoms. The number of ether oxygens (including phenoxy) is 2. The maximum absolute atomic E-state index is 13.7. The molecule has 0 amide bonds. The summed E-state index contributed by atoms with van der Waals surface area (Å²) in [6.45, 7) is 9.17. The normalized spacial score (nSPS) is 18.1. The van der Waals surface area contributed by atoms with Gasteiger partial charge < -0.3 is 22.9 Å². The Morgan fingerprint density at radius 3 is 2.78 bits per heavy atom. The van der Waals surface area contributed by atoms with Crippen LogP contribution >= 0.6 is 0 Å². The highest BCUT2D eigenvalue weighted by molar-refractivity contribution is 6.64. The Hall–Kier alpha value is -3.60. The lowest BCUT2D eigenvalue weighted by Gasteiger charge is -2.40. The minimum absolute atomic E-state index is 0.0239. The molecule has 0 N–H and O–H groups in total. The number of carbonyl (C=O) groups is 2. The number of nitrogens with zero attached hydrogens (tertiary/aromatic N) is 2. The molecule has 2 aliphatic rings. The maximum Gasteiger partial charge on any atom is 0.342 e. The van der Waals surface area contributed by atoms with Gasteiger partial charge in [-0.25, -0.2) is 14.6 Å². The first-order chi connectivity index (χ1) is 17.7. The summed E-state index contributed by atoms with van der Waals surface area (Å²) < 4.78 is 24.6. The van der Waals surface area contributed by atoms with Gasteiger partial charge in [-0.1, -0.05) is 31.7 Å². The number of hydrogen-bond donors (Lipinski definition) is 0. The fourth-order valence-corrected chi connectivity index (χ4v) is 6.83. The van der Waals surface area contributed by atoms with Crippen molar-refractivity contribution in [3.63, 3.8) is 0 Å². The standard InChI is InChI=1S/C27H28N2O7Si/c1-5-23(30)33-11-12-35-37(3,4)36-27(6-2)20-14-22-24-18(13-17-9-7-8-10-21(17)28-24)15-29(22)25(31)19(20)16-34-26(27)32/h5,7-10,13-14H,1,6,11-12,15-16H2,2-4H3. The molecule has 0 fully saturated rings. The van der Waals surface area contributed by atoms with E-state index in [4.69, 9.17) is 23.3 Å². The molecule has 4 heterocycles. The number of carbonyl (C=O) groups excluding carboxylic acids is 2. The highest BCUT2D eigenvalue weighted by atomic mass is 28.4. The van der Waals surface area contributed by atoms with Crippen molar-refractivity contribution in [3.8, 4) is 11.4 Å². The summed E-state index contributed by atoms with van der Waals surface area (Å²) in [6.07, 6.45) is 1.32. The predicted molar refractivity (Wildman–Crippen MR) is 138 cm³/mol. The zero-order valence-electron chi connectivity index (χ0n) is 21.0. The predicted octanol–water partition coefficient (Wildman–Crippen LogP) is 3.55. The zero-order chi connectivity index (χ0) is 26.4. The molecule has 2 aliphatic heterocycles. The largest absolute Gasteiger partial charge is 0.460 e. The van der Waals surface area contributed by atoms with Crippen LogP contribution in [-0.4, -0.2) is 43.3 Å². The molecular formula is C27H28N2O7Si. The van der Waals surface area contributed by atoms with Gasteiger partial charge in [-0.2, -0.15) is 0 Å². The van der Waals surface area contributed by atoms with Crippen LogP contribution in [0.3, 0.4) is 0 Å². The van der Waals surface area contributed by atoms with Crippen LogP contribution in [0.5, 0.6) is 0 Å². The number of esters is 2. The van der Waals surface area contributed by atoms with Crippen LogP contribution in [0.1, 0.15) is 30.0 Å². The lowest BCUT2D eigenvalue weighted by molar-refractivity contribution is -0.171. The molecule has 0 spiro atoms. The maximum atomic E-state index is 13.7. The number of benzene rings is 1. The van der Waals surface area contributed by atoms with Crippen molar-refractivity contribution in [3.05, 3.63) is 76.1 Å². The smallest absolute Gasteiger partial charge is 0.342 e. The third-order valence-corrected chi connectivity index (χ3v) is 8.49. The van der Waals surface area contributed by atoms with Crippen molar-refractivity contribution in [2.24, 2.45) is 0 Å². The molecular weight excluding hydrogens is 492 g/mol. The van der Waals surface area contributed by atoms with Gasteiger partial charge in [0.2, 0.25) is 0 Å². The van der Waals surface area contributed by atoms with Gasteiger partial charge in [0, 0.05) is 22.6 Å². The van der Waals surface area contributed by atoms with Crippen LogP contribution < -0.4 is 5.56 Å². The molecule has 3 aromatic rings. The number of hydrogen-bond acceptors (Lipinski definition) is 8. The molecule has 0 saturated heterocycles. The summed E-state index contributed by atoms with van der Waals surface area (Å²) in [5.74, 6) is -1.10. The average Bonchev–Trinajstić information content (AvgIpc) is 3.24. The van der Waals surface area contributed by atoms with Gasteiger partial charge >= 0.3 is 20.5 Å². The molecule has 0 saturated carbocycles. The van der Waals surface area contributed by atoms with E-state index >= 15 is 0 Å². The van der Waals surface area contributed by atoms with E-state index in [0.717, 1.165) is 28.2 Å². The Morgan fingerprint density at radius 2 is 2.03 bits per heavy atom. The monoisotopic (exact) mass is 520 g/mol. The van der Waals surface area contributed by atoms with Crippen LogP contribution in [0.4, 0.5) is 0 Å². The molecule has 1 atom stereocenters. The number of aromatic nitrogens is 2. The molecule has 37 heavy (non-hydrogen) atoms. The number of fused-ring (bicyclic) bond motifs is 5. The summed E-state index contributed by atoms with van der Waals surface area (Å²) in [6, 6.07) is 11.7. The topological polar surface area (TPSA) is 106 Å². The minimum atomic E-state index is -2.97. The average molecular weight is 521 g/mol. The zero-order valence-corrected chi connectivity index (χ0v) is 22.0. The third-order valence-electron chi connectivity index (χ3n) is 6.75. The first-order valence-electron chi connectivity index (χ1n) is 12.2. The quantitative estimate of drug-likeness (QED) is 0.150. The Balaban J connectivity index is 1.54. The number of pyridine rings is 2. The minimum Gasteiger partial charge on any atom is -0.460 e. The summed E-state index contributed by atoms with van der Waals surface area (Å²) in [7, 11) is -2.97. The van der Waals surface area contributed by atoms with Crippen molar-refractivity contribution in [2.45, 2.75) is 45.2 Å². The summed E-state index contributed by atoms with van der Waals surface area (Å²) in [4.78, 5) is 43.1. The van der Waals surface area contributed by atoms with Crippen molar-refractivity contribution in [1.82, 2.24) is 9.55 Å². The number of cyclic esters (lactones) is 1. The molecule has 9 nitrogen and oxygen atoms in total. The van der Waals surface area contributed by atoms with Gasteiger partial charge in [0.15, 0.2) is 5.60 Å². The van der Waals surface area contributed by atoms with E-state index in [9.17, 15) is 14.4 Å². The van der Waals surface area contributed by atoms with Gasteiger partial charge in [0.1, 0.15) is 13.2 Å². The number of para-hydroxylation sites is 1. The van der Waals surface area contributed by atoms with E-state index in [1.807, 2.05) is 37.3 Å². The van der Waals surface area contributed by atoms with Crippen molar-refractivity contribution in [2.75, 3.05) is 13.2 Å². The fraction of sp³-hybridized carbons (Fsp3) is 0.333. The molecule has 0 bridgehead atoms. The molecule has 1 aromatic carbocycles. The molecule has 0 radical (unpaired) electrons. The van der Waals surface area contributed by atoms with Crippen molar-refractivity contribution >= 4 is 31.4 Å². The van der Waals surface area contributed by atoms with Crippen molar-refractivity contribution < 1.29 is 27.9 Å². The van der Waals surface area contributed by atoms with Gasteiger partial charge in [0.25, 0.3) is 5.56 Å². The third kappa shape index (κ3) is 4.30. The highest BCUT2D eigenvalue weighted by Gasteiger charge is 2.51. The second kappa shape index (κ2) is 9.36. The molecule has 192 valence electrons. The Bertz CT molecular complexity index is 1500. The van der Waals surface area contributed by atoms with E-state index in [1.54, 1.807) is 17.7 Å². The van der Waals surface area contributed by atoms with Crippen LogP contribution in [-0.2, 0) is 46.7 Å². The fourth-order valence-electron chi connectivity index (χ4n) is 5.02. The van der Waals surface area contributed by atoms with E-state index in [1.165, 1.54) is 0 Å². The highest BCUT2D eigenvalue weighted by Crippen LogP contribution is 2.42. The van der Waals surface area contributed by atoms with Crippen LogP contribution in [0.2, 0.25) is 13.1 Å². The van der Waals surface area contributed by atoms with Crippen LogP contribution in [0.15, 0.2) is 53.8 Å². The second-order valence-electron chi connectivity index (χ2n) is 9.48. The van der Waals surface area contributed by atoms with E-state index < -0.39 is 26.1 Å². The Kier molecular flexibility index (Phi) is 6.34. The molecule has 5 rings (SSSR count). The van der Waals surface area contributed by atoms with Gasteiger partial charge in [-0.05, 0) is 37.7 Å². The lowest BCUT2D eigenvalue weighted by atomic mass is 9.86. The number of rotatable bonds is 8. The van der Waals surface area contributed by atoms with Gasteiger partial charge in [-0.3, -0.25) is 4.79 Å². The second-order valence-corrected chi connectivity index (χ2v) is 12.8. The van der Waals surface area contributed by atoms with E-state index in [0.29, 0.717) is 23.4 Å². The molecule has 0 aliphatic carbocycles. The van der Waals surface area contributed by atoms with Crippen LogP contribution in [0.25, 0.3) is 22.3 Å². The van der Waals surface area contributed by atoms with E-state index in [-0.39, 0.29) is 31.8 Å². The SMILES string of the molecule is C=CC(=O)OCCO[Si](C)(C)OC1(CC)C(=O)OCc2c1cc1n(c2=O)Cc2cc3ccccc3nc2-1.